The highest BCUT2D eigenvalue weighted by atomic mass is 16.5. The normalized spacial score (nSPS) is 45.0. The van der Waals surface area contributed by atoms with Gasteiger partial charge in [0, 0.05) is 12.1 Å². The van der Waals surface area contributed by atoms with Crippen molar-refractivity contribution >= 4 is 0 Å². The average Bonchev–Trinajstić information content (AvgIpc) is 1.80. The summed E-state index contributed by atoms with van der Waals surface area (Å²) in [6.45, 7) is 7.25. The monoisotopic (exact) mass is 129 g/mol. The molecule has 2 nitrogen and oxygen atoms in total. The maximum Gasteiger partial charge on any atom is 0.0698 e. The Balaban J connectivity index is 2.35. The molecule has 1 saturated heterocycles. The number of ether oxygens (including phenoxy) is 1. The second kappa shape index (κ2) is 2.67. The molecule has 9 heavy (non-hydrogen) atoms. The van der Waals surface area contributed by atoms with Gasteiger partial charge in [0.25, 0.3) is 0 Å². The van der Waals surface area contributed by atoms with Crippen molar-refractivity contribution in [2.24, 2.45) is 0 Å². The zero-order valence-corrected chi connectivity index (χ0v) is 6.35. The summed E-state index contributed by atoms with van der Waals surface area (Å²) in [6, 6.07) is 1.03. The van der Waals surface area contributed by atoms with Crippen molar-refractivity contribution in [2.45, 2.75) is 39.0 Å². The summed E-state index contributed by atoms with van der Waals surface area (Å²) in [6.07, 6.45) is 0.376. The van der Waals surface area contributed by atoms with E-state index >= 15 is 0 Å². The minimum Gasteiger partial charge on any atom is -0.375 e. The Labute approximate surface area is 56.6 Å². The van der Waals surface area contributed by atoms with E-state index in [9.17, 15) is 0 Å². The number of nitrogens with one attached hydrogen (secondary N) is 1. The molecule has 3 atom stereocenters. The first-order valence-electron chi connectivity index (χ1n) is 3.58. The van der Waals surface area contributed by atoms with Gasteiger partial charge < -0.3 is 10.1 Å². The second-order valence-electron chi connectivity index (χ2n) is 2.89. The minimum absolute atomic E-state index is 0.376. The lowest BCUT2D eigenvalue weighted by Gasteiger charge is -2.31. The van der Waals surface area contributed by atoms with Gasteiger partial charge in [0.15, 0.2) is 0 Å². The van der Waals surface area contributed by atoms with Gasteiger partial charge in [0.05, 0.1) is 12.7 Å². The molecule has 2 heteroatoms. The van der Waals surface area contributed by atoms with Crippen LogP contribution in [0.25, 0.3) is 0 Å². The molecule has 0 aromatic carbocycles. The van der Waals surface area contributed by atoms with Crippen LogP contribution in [0.2, 0.25) is 0 Å². The van der Waals surface area contributed by atoms with Crippen molar-refractivity contribution in [3.05, 3.63) is 0 Å². The minimum atomic E-state index is 0.376. The van der Waals surface area contributed by atoms with Gasteiger partial charge >= 0.3 is 0 Å². The van der Waals surface area contributed by atoms with Crippen molar-refractivity contribution in [3.63, 3.8) is 0 Å². The maximum absolute atomic E-state index is 5.44. The molecule has 1 N–H and O–H groups in total. The first kappa shape index (κ1) is 7.03. The topological polar surface area (TPSA) is 21.3 Å². The molecule has 0 aromatic heterocycles. The van der Waals surface area contributed by atoms with Gasteiger partial charge in [-0.25, -0.2) is 0 Å². The van der Waals surface area contributed by atoms with Crippen molar-refractivity contribution in [1.82, 2.24) is 5.32 Å². The van der Waals surface area contributed by atoms with E-state index in [0.717, 1.165) is 6.61 Å². The van der Waals surface area contributed by atoms with Crippen LogP contribution in [0.15, 0.2) is 0 Å². The highest BCUT2D eigenvalue weighted by Crippen LogP contribution is 2.05. The second-order valence-corrected chi connectivity index (χ2v) is 2.89. The molecule has 0 aliphatic carbocycles. The molecule has 1 aliphatic heterocycles. The summed E-state index contributed by atoms with van der Waals surface area (Å²) < 4.78 is 5.44. The summed E-state index contributed by atoms with van der Waals surface area (Å²) in [7, 11) is 0. The van der Waals surface area contributed by atoms with E-state index in [-0.39, 0.29) is 0 Å². The van der Waals surface area contributed by atoms with Crippen LogP contribution in [-0.2, 0) is 4.74 Å². The van der Waals surface area contributed by atoms with Crippen molar-refractivity contribution < 1.29 is 4.74 Å². The molecule has 0 amide bonds. The molecule has 0 radical (unpaired) electrons. The molecule has 0 aromatic rings. The Kier molecular flexibility index (Phi) is 2.09. The largest absolute Gasteiger partial charge is 0.375 e. The molecule has 0 spiro atoms. The molecular formula is C7H15NO. The highest BCUT2D eigenvalue weighted by Gasteiger charge is 2.20. The summed E-state index contributed by atoms with van der Waals surface area (Å²) in [4.78, 5) is 0. The number of morpholine rings is 1. The smallest absolute Gasteiger partial charge is 0.0698 e. The van der Waals surface area contributed by atoms with Crippen LogP contribution in [0.5, 0.6) is 0 Å². The molecule has 1 aliphatic rings. The van der Waals surface area contributed by atoms with Gasteiger partial charge in [-0.1, -0.05) is 0 Å². The Morgan fingerprint density at radius 2 is 2.00 bits per heavy atom. The van der Waals surface area contributed by atoms with Crippen LogP contribution in [0, 0.1) is 0 Å². The van der Waals surface area contributed by atoms with Crippen LogP contribution in [0.4, 0.5) is 0 Å². The Morgan fingerprint density at radius 3 is 2.44 bits per heavy atom. The van der Waals surface area contributed by atoms with Gasteiger partial charge in [-0.15, -0.1) is 0 Å². The van der Waals surface area contributed by atoms with Gasteiger partial charge in [0.2, 0.25) is 0 Å². The number of rotatable bonds is 0. The summed E-state index contributed by atoms with van der Waals surface area (Å²) in [5, 5.41) is 3.40. The van der Waals surface area contributed by atoms with Crippen molar-refractivity contribution in [2.75, 3.05) is 6.61 Å². The molecule has 0 bridgehead atoms. The van der Waals surface area contributed by atoms with Crippen LogP contribution < -0.4 is 5.32 Å². The molecule has 1 fully saturated rings. The zero-order chi connectivity index (χ0) is 6.85. The van der Waals surface area contributed by atoms with Gasteiger partial charge in [-0.05, 0) is 20.8 Å². The Morgan fingerprint density at radius 1 is 1.33 bits per heavy atom. The van der Waals surface area contributed by atoms with Crippen LogP contribution in [0.3, 0.4) is 0 Å². The molecule has 1 rings (SSSR count). The van der Waals surface area contributed by atoms with Crippen LogP contribution in [-0.4, -0.2) is 24.8 Å². The highest BCUT2D eigenvalue weighted by molar-refractivity contribution is 4.77. The van der Waals surface area contributed by atoms with E-state index in [1.165, 1.54) is 0 Å². The van der Waals surface area contributed by atoms with Gasteiger partial charge in [-0.2, -0.15) is 0 Å². The van der Waals surface area contributed by atoms with Crippen molar-refractivity contribution in [1.29, 1.82) is 0 Å². The predicted octanol–water partition coefficient (Wildman–Crippen LogP) is 0.772. The summed E-state index contributed by atoms with van der Waals surface area (Å²) in [5.41, 5.74) is 0. The molecular weight excluding hydrogens is 114 g/mol. The Bertz CT molecular complexity index is 94.9. The fourth-order valence-corrected chi connectivity index (χ4v) is 1.07. The van der Waals surface area contributed by atoms with E-state index in [1.807, 2.05) is 0 Å². The first-order chi connectivity index (χ1) is 4.20. The van der Waals surface area contributed by atoms with Crippen LogP contribution in [0.1, 0.15) is 20.8 Å². The summed E-state index contributed by atoms with van der Waals surface area (Å²) in [5.74, 6) is 0. The van der Waals surface area contributed by atoms with E-state index in [1.54, 1.807) is 0 Å². The lowest BCUT2D eigenvalue weighted by atomic mass is 10.1. The van der Waals surface area contributed by atoms with Crippen molar-refractivity contribution in [3.8, 4) is 0 Å². The van der Waals surface area contributed by atoms with Crippen LogP contribution >= 0.6 is 0 Å². The third-order valence-corrected chi connectivity index (χ3v) is 1.86. The maximum atomic E-state index is 5.44. The zero-order valence-electron chi connectivity index (χ0n) is 6.35. The number of hydrogen-bond donors (Lipinski definition) is 1. The lowest BCUT2D eigenvalue weighted by molar-refractivity contribution is -0.00764. The predicted molar refractivity (Wildman–Crippen MR) is 37.5 cm³/mol. The molecule has 1 heterocycles. The Hall–Kier alpha value is -0.0800. The summed E-state index contributed by atoms with van der Waals surface area (Å²) >= 11 is 0. The lowest BCUT2D eigenvalue weighted by Crippen LogP contribution is -2.50. The quantitative estimate of drug-likeness (QED) is 0.521. The SMILES string of the molecule is C[C@H]1CO[C@H](C)[C@@H](C)N1. The third kappa shape index (κ3) is 1.66. The fourth-order valence-electron chi connectivity index (χ4n) is 1.07. The van der Waals surface area contributed by atoms with E-state index < -0.39 is 0 Å². The van der Waals surface area contributed by atoms with E-state index in [4.69, 9.17) is 4.74 Å². The van der Waals surface area contributed by atoms with E-state index in [2.05, 4.69) is 26.1 Å². The van der Waals surface area contributed by atoms with Gasteiger partial charge in [-0.3, -0.25) is 0 Å². The average molecular weight is 129 g/mol. The molecule has 0 unspecified atom stereocenters. The number of hydrogen-bond acceptors (Lipinski definition) is 2. The van der Waals surface area contributed by atoms with Gasteiger partial charge in [0.1, 0.15) is 0 Å². The third-order valence-electron chi connectivity index (χ3n) is 1.86. The standard InChI is InChI=1S/C7H15NO/c1-5-4-9-7(3)6(2)8-5/h5-8H,4H2,1-3H3/t5-,6+,7+/m0/s1. The fraction of sp³-hybridized carbons (Fsp3) is 1.00. The van der Waals surface area contributed by atoms with E-state index in [0.29, 0.717) is 18.2 Å². The molecule has 54 valence electrons. The molecule has 0 saturated carbocycles. The first-order valence-corrected chi connectivity index (χ1v) is 3.58.